The first kappa shape index (κ1) is 23.6. The maximum Gasteiger partial charge on any atom is 0.220 e. The number of ether oxygens (including phenoxy) is 3. The topological polar surface area (TPSA) is 99.9 Å². The van der Waals surface area contributed by atoms with Gasteiger partial charge < -0.3 is 25.3 Å². The Morgan fingerprint density at radius 2 is 1.72 bits per heavy atom. The Hall–Kier alpha value is -3.06. The van der Waals surface area contributed by atoms with Gasteiger partial charge in [-0.05, 0) is 61.2 Å². The molecule has 0 radical (unpaired) electrons. The van der Waals surface area contributed by atoms with Gasteiger partial charge >= 0.3 is 0 Å². The van der Waals surface area contributed by atoms with Crippen molar-refractivity contribution >= 4 is 11.7 Å². The first-order chi connectivity index (χ1) is 15.6. The van der Waals surface area contributed by atoms with Crippen molar-refractivity contribution in [3.8, 4) is 17.2 Å². The van der Waals surface area contributed by atoms with Gasteiger partial charge in [0.25, 0.3) is 0 Å². The van der Waals surface area contributed by atoms with Gasteiger partial charge in [-0.25, -0.2) is 0 Å². The van der Waals surface area contributed by atoms with Crippen molar-refractivity contribution in [3.05, 3.63) is 53.6 Å². The molecule has 1 aliphatic rings. The standard InChI is InChI=1S/C25H32N2O5/c1-30-21-10-8-19(9-11-21)22(28)5-3-2-4-6-25(29)27-20(17-26)15-18-7-12-23-24(16-18)32-14-13-31-23/h7-12,16,20H,2-6,13-15,17,26H2,1H3,(H,27,29). The molecule has 3 rings (SSSR count). The van der Waals surface area contributed by atoms with Crippen molar-refractivity contribution in [1.82, 2.24) is 5.32 Å². The SMILES string of the molecule is COc1ccc(C(=O)CCCCCC(=O)NC(CN)Cc2ccc3c(c2)OCCO3)cc1. The fraction of sp³-hybridized carbons (Fsp3) is 0.440. The van der Waals surface area contributed by atoms with Gasteiger partial charge in [-0.3, -0.25) is 9.59 Å². The van der Waals surface area contributed by atoms with Gasteiger partial charge in [0.1, 0.15) is 19.0 Å². The summed E-state index contributed by atoms with van der Waals surface area (Å²) >= 11 is 0. The Kier molecular flexibility index (Phi) is 8.92. The molecule has 0 aliphatic carbocycles. The van der Waals surface area contributed by atoms with Crippen LogP contribution < -0.4 is 25.3 Å². The van der Waals surface area contributed by atoms with E-state index in [0.29, 0.717) is 44.6 Å². The number of methoxy groups -OCH3 is 1. The number of hydrogen-bond donors (Lipinski definition) is 2. The molecule has 1 aliphatic heterocycles. The lowest BCUT2D eigenvalue weighted by atomic mass is 10.0. The fourth-order valence-corrected chi connectivity index (χ4v) is 3.66. The molecule has 172 valence electrons. The number of amides is 1. The van der Waals surface area contributed by atoms with Gasteiger partial charge in [-0.15, -0.1) is 0 Å². The van der Waals surface area contributed by atoms with Gasteiger partial charge in [0.15, 0.2) is 17.3 Å². The summed E-state index contributed by atoms with van der Waals surface area (Å²) in [4.78, 5) is 24.6. The summed E-state index contributed by atoms with van der Waals surface area (Å²) in [5, 5.41) is 3.02. The van der Waals surface area contributed by atoms with E-state index in [1.807, 2.05) is 18.2 Å². The van der Waals surface area contributed by atoms with Crippen molar-refractivity contribution in [2.45, 2.75) is 44.6 Å². The lowest BCUT2D eigenvalue weighted by molar-refractivity contribution is -0.121. The predicted octanol–water partition coefficient (Wildman–Crippen LogP) is 3.29. The maximum absolute atomic E-state index is 12.3. The smallest absolute Gasteiger partial charge is 0.220 e. The number of fused-ring (bicyclic) bond motifs is 1. The van der Waals surface area contributed by atoms with E-state index in [9.17, 15) is 9.59 Å². The monoisotopic (exact) mass is 440 g/mol. The highest BCUT2D eigenvalue weighted by atomic mass is 16.6. The third-order valence-corrected chi connectivity index (χ3v) is 5.46. The van der Waals surface area contributed by atoms with E-state index in [0.717, 1.165) is 42.1 Å². The number of carbonyl (C=O) groups excluding carboxylic acids is 2. The average molecular weight is 441 g/mol. The van der Waals surface area contributed by atoms with Crippen LogP contribution in [0.5, 0.6) is 17.2 Å². The molecule has 0 saturated heterocycles. The quantitative estimate of drug-likeness (QED) is 0.388. The van der Waals surface area contributed by atoms with E-state index < -0.39 is 0 Å². The number of rotatable bonds is 12. The molecule has 1 atom stereocenters. The number of nitrogens with one attached hydrogen (secondary N) is 1. The maximum atomic E-state index is 12.3. The number of Topliss-reactive ketones (excluding diaryl/α,β-unsaturated/α-hetero) is 1. The summed E-state index contributed by atoms with van der Waals surface area (Å²) in [5.41, 5.74) is 7.61. The molecule has 7 nitrogen and oxygen atoms in total. The van der Waals surface area contributed by atoms with E-state index in [2.05, 4.69) is 5.32 Å². The zero-order valence-corrected chi connectivity index (χ0v) is 18.6. The van der Waals surface area contributed by atoms with Crippen LogP contribution in [0.25, 0.3) is 0 Å². The molecule has 1 heterocycles. The van der Waals surface area contributed by atoms with Gasteiger partial charge in [0.05, 0.1) is 7.11 Å². The number of unbranched alkanes of at least 4 members (excludes halogenated alkanes) is 2. The number of hydrogen-bond acceptors (Lipinski definition) is 6. The van der Waals surface area contributed by atoms with Crippen LogP contribution in [0.4, 0.5) is 0 Å². The second-order valence-corrected chi connectivity index (χ2v) is 7.89. The minimum absolute atomic E-state index is 0.0144. The van der Waals surface area contributed by atoms with Crippen LogP contribution in [-0.4, -0.2) is 44.6 Å². The lowest BCUT2D eigenvalue weighted by Gasteiger charge is -2.21. The molecule has 0 aromatic heterocycles. The second-order valence-electron chi connectivity index (χ2n) is 7.89. The fourth-order valence-electron chi connectivity index (χ4n) is 3.66. The Morgan fingerprint density at radius 3 is 2.44 bits per heavy atom. The minimum atomic E-state index is -0.137. The first-order valence-corrected chi connectivity index (χ1v) is 11.1. The Morgan fingerprint density at radius 1 is 1.00 bits per heavy atom. The van der Waals surface area contributed by atoms with E-state index >= 15 is 0 Å². The molecule has 0 fully saturated rings. The largest absolute Gasteiger partial charge is 0.497 e. The molecular weight excluding hydrogens is 408 g/mol. The van der Waals surface area contributed by atoms with Crippen molar-refractivity contribution in [2.75, 3.05) is 26.9 Å². The summed E-state index contributed by atoms with van der Waals surface area (Å²) in [6.07, 6.45) is 3.86. The number of nitrogens with two attached hydrogens (primary N) is 1. The Labute approximate surface area is 189 Å². The molecular formula is C25H32N2O5. The Balaban J connectivity index is 1.34. The van der Waals surface area contributed by atoms with Gasteiger partial charge in [-0.2, -0.15) is 0 Å². The lowest BCUT2D eigenvalue weighted by Crippen LogP contribution is -2.41. The second kappa shape index (κ2) is 12.1. The van der Waals surface area contributed by atoms with E-state index in [-0.39, 0.29) is 17.7 Å². The van der Waals surface area contributed by atoms with E-state index in [1.165, 1.54) is 0 Å². The van der Waals surface area contributed by atoms with Crippen LogP contribution >= 0.6 is 0 Å². The zero-order valence-electron chi connectivity index (χ0n) is 18.6. The summed E-state index contributed by atoms with van der Waals surface area (Å²) in [5.74, 6) is 2.32. The van der Waals surface area contributed by atoms with Crippen LogP contribution in [0.2, 0.25) is 0 Å². The zero-order chi connectivity index (χ0) is 22.8. The van der Waals surface area contributed by atoms with Crippen LogP contribution in [0.3, 0.4) is 0 Å². The van der Waals surface area contributed by atoms with Crippen molar-refractivity contribution in [3.63, 3.8) is 0 Å². The third kappa shape index (κ3) is 6.99. The number of ketones is 1. The van der Waals surface area contributed by atoms with Crippen LogP contribution in [-0.2, 0) is 11.2 Å². The van der Waals surface area contributed by atoms with Crippen molar-refractivity contribution < 1.29 is 23.8 Å². The van der Waals surface area contributed by atoms with Gasteiger partial charge in [0, 0.05) is 31.0 Å². The molecule has 3 N–H and O–H groups in total. The molecule has 2 aromatic carbocycles. The first-order valence-electron chi connectivity index (χ1n) is 11.1. The highest BCUT2D eigenvalue weighted by Crippen LogP contribution is 2.31. The van der Waals surface area contributed by atoms with Crippen molar-refractivity contribution in [2.24, 2.45) is 5.73 Å². The van der Waals surface area contributed by atoms with Crippen LogP contribution in [0, 0.1) is 0 Å². The highest BCUT2D eigenvalue weighted by Gasteiger charge is 2.15. The normalized spacial score (nSPS) is 13.3. The van der Waals surface area contributed by atoms with E-state index in [1.54, 1.807) is 31.4 Å². The summed E-state index contributed by atoms with van der Waals surface area (Å²) < 4.78 is 16.3. The molecule has 2 aromatic rings. The summed E-state index contributed by atoms with van der Waals surface area (Å²) in [6.45, 7) is 1.46. The average Bonchev–Trinajstić information content (AvgIpc) is 2.83. The summed E-state index contributed by atoms with van der Waals surface area (Å²) in [7, 11) is 1.60. The molecule has 1 amide bonds. The van der Waals surface area contributed by atoms with Crippen LogP contribution in [0.15, 0.2) is 42.5 Å². The van der Waals surface area contributed by atoms with Gasteiger partial charge in [-0.1, -0.05) is 12.5 Å². The molecule has 0 bridgehead atoms. The number of benzene rings is 2. The van der Waals surface area contributed by atoms with Crippen LogP contribution in [0.1, 0.15) is 48.0 Å². The molecule has 0 saturated carbocycles. The minimum Gasteiger partial charge on any atom is -0.497 e. The molecule has 1 unspecified atom stereocenters. The van der Waals surface area contributed by atoms with E-state index in [4.69, 9.17) is 19.9 Å². The Bertz CT molecular complexity index is 898. The van der Waals surface area contributed by atoms with Gasteiger partial charge in [0.2, 0.25) is 5.91 Å². The summed E-state index contributed by atoms with van der Waals surface area (Å²) in [6, 6.07) is 12.8. The highest BCUT2D eigenvalue weighted by molar-refractivity contribution is 5.96. The van der Waals surface area contributed by atoms with Crippen molar-refractivity contribution in [1.29, 1.82) is 0 Å². The molecule has 7 heteroatoms. The molecule has 0 spiro atoms. The number of carbonyl (C=O) groups is 2. The molecule has 32 heavy (non-hydrogen) atoms. The third-order valence-electron chi connectivity index (χ3n) is 5.46. The predicted molar refractivity (Wildman–Crippen MR) is 123 cm³/mol.